The number of hydrogen-bond donors (Lipinski definition) is 2. The van der Waals surface area contributed by atoms with Crippen LogP contribution in [0.5, 0.6) is 5.75 Å². The highest BCUT2D eigenvalue weighted by Crippen LogP contribution is 2.21. The van der Waals surface area contributed by atoms with Gasteiger partial charge >= 0.3 is 0 Å². The number of nitrogens with zero attached hydrogens (tertiary/aromatic N) is 1. The molecule has 2 N–H and O–H groups in total. The second-order valence-electron chi connectivity index (χ2n) is 6.94. The summed E-state index contributed by atoms with van der Waals surface area (Å²) in [7, 11) is 0. The lowest BCUT2D eigenvalue weighted by molar-refractivity contribution is -0.123. The van der Waals surface area contributed by atoms with Crippen molar-refractivity contribution in [3.8, 4) is 5.75 Å². The average molecular weight is 454 g/mol. The summed E-state index contributed by atoms with van der Waals surface area (Å²) in [6, 6.07) is 17.7. The van der Waals surface area contributed by atoms with Gasteiger partial charge in [0.25, 0.3) is 11.8 Å². The molecule has 0 bridgehead atoms. The van der Waals surface area contributed by atoms with Crippen molar-refractivity contribution in [3.05, 3.63) is 94.3 Å². The fourth-order valence-electron chi connectivity index (χ4n) is 2.74. The van der Waals surface area contributed by atoms with Gasteiger partial charge in [-0.05, 0) is 67.4 Å². The molecule has 6 nitrogen and oxygen atoms in total. The summed E-state index contributed by atoms with van der Waals surface area (Å²) in [5.41, 5.74) is 5.06. The number of hydrazone groups is 1. The van der Waals surface area contributed by atoms with Crippen molar-refractivity contribution in [2.75, 3.05) is 11.9 Å². The molecule has 3 aromatic carbocycles. The molecule has 0 aromatic heterocycles. The van der Waals surface area contributed by atoms with E-state index in [1.807, 2.05) is 6.92 Å². The zero-order valence-corrected chi connectivity index (χ0v) is 18.2. The number of ether oxygens (including phenoxy) is 1. The van der Waals surface area contributed by atoms with E-state index in [0.29, 0.717) is 22.2 Å². The Hall–Kier alpha value is -3.71. The number of benzene rings is 3. The lowest BCUT2D eigenvalue weighted by Crippen LogP contribution is -2.25. The van der Waals surface area contributed by atoms with Gasteiger partial charge in [0.1, 0.15) is 11.6 Å². The Morgan fingerprint density at radius 2 is 1.78 bits per heavy atom. The normalized spacial score (nSPS) is 11.1. The van der Waals surface area contributed by atoms with Gasteiger partial charge in [-0.1, -0.05) is 35.9 Å². The van der Waals surface area contributed by atoms with Crippen LogP contribution in [0, 0.1) is 12.7 Å². The molecule has 3 rings (SSSR count). The molecule has 164 valence electrons. The Morgan fingerprint density at radius 3 is 2.47 bits per heavy atom. The van der Waals surface area contributed by atoms with Gasteiger partial charge in [0, 0.05) is 10.7 Å². The molecular formula is C24H21ClFN3O3. The minimum atomic E-state index is -0.587. The van der Waals surface area contributed by atoms with Gasteiger partial charge in [-0.15, -0.1) is 0 Å². The Labute approximate surface area is 190 Å². The molecule has 0 aliphatic carbocycles. The molecule has 0 aliphatic rings. The van der Waals surface area contributed by atoms with Crippen molar-refractivity contribution in [3.63, 3.8) is 0 Å². The second kappa shape index (κ2) is 10.5. The summed E-state index contributed by atoms with van der Waals surface area (Å²) < 4.78 is 19.2. The zero-order chi connectivity index (χ0) is 23.1. The quantitative estimate of drug-likeness (QED) is 0.392. The Morgan fingerprint density at radius 1 is 1.06 bits per heavy atom. The van der Waals surface area contributed by atoms with Crippen LogP contribution in [-0.4, -0.2) is 24.1 Å². The maximum Gasteiger partial charge on any atom is 0.277 e. The van der Waals surface area contributed by atoms with Gasteiger partial charge in [0.05, 0.1) is 11.3 Å². The van der Waals surface area contributed by atoms with E-state index in [1.54, 1.807) is 55.5 Å². The summed E-state index contributed by atoms with van der Waals surface area (Å²) in [4.78, 5) is 24.2. The van der Waals surface area contributed by atoms with Crippen LogP contribution in [0.2, 0.25) is 5.02 Å². The van der Waals surface area contributed by atoms with Crippen LogP contribution < -0.4 is 15.5 Å². The van der Waals surface area contributed by atoms with E-state index in [0.717, 1.165) is 11.1 Å². The van der Waals surface area contributed by atoms with Gasteiger partial charge in [-0.25, -0.2) is 9.82 Å². The molecule has 0 heterocycles. The van der Waals surface area contributed by atoms with Crippen LogP contribution in [0.15, 0.2) is 71.8 Å². The minimum Gasteiger partial charge on any atom is -0.484 e. The van der Waals surface area contributed by atoms with Crippen molar-refractivity contribution in [2.45, 2.75) is 13.8 Å². The molecule has 0 saturated carbocycles. The van der Waals surface area contributed by atoms with Crippen molar-refractivity contribution in [1.82, 2.24) is 5.43 Å². The van der Waals surface area contributed by atoms with E-state index in [-0.39, 0.29) is 12.2 Å². The lowest BCUT2D eigenvalue weighted by atomic mass is 10.1. The van der Waals surface area contributed by atoms with Crippen LogP contribution in [-0.2, 0) is 4.79 Å². The first kappa shape index (κ1) is 23.0. The number of aryl methyl sites for hydroxylation is 1. The SMILES string of the molecule is C/C(=N/NC(=O)COc1ccc(Cl)c(C)c1)c1ccc(NC(=O)c2ccccc2F)cc1. The fraction of sp³-hybridized carbons (Fsp3) is 0.125. The van der Waals surface area contributed by atoms with Crippen LogP contribution in [0.1, 0.15) is 28.4 Å². The highest BCUT2D eigenvalue weighted by atomic mass is 35.5. The molecule has 0 unspecified atom stereocenters. The topological polar surface area (TPSA) is 79.8 Å². The summed E-state index contributed by atoms with van der Waals surface area (Å²) in [5, 5.41) is 7.33. The number of carbonyl (C=O) groups is 2. The first-order valence-electron chi connectivity index (χ1n) is 9.72. The number of amides is 2. The fourth-order valence-corrected chi connectivity index (χ4v) is 2.85. The molecule has 0 spiro atoms. The molecule has 0 fully saturated rings. The molecule has 0 atom stereocenters. The maximum absolute atomic E-state index is 13.7. The van der Waals surface area contributed by atoms with E-state index in [4.69, 9.17) is 16.3 Å². The van der Waals surface area contributed by atoms with Crippen LogP contribution in [0.25, 0.3) is 0 Å². The van der Waals surface area contributed by atoms with Gasteiger partial charge in [-0.3, -0.25) is 9.59 Å². The van der Waals surface area contributed by atoms with Crippen molar-refractivity contribution in [1.29, 1.82) is 0 Å². The van der Waals surface area contributed by atoms with Crippen LogP contribution in [0.3, 0.4) is 0 Å². The summed E-state index contributed by atoms with van der Waals surface area (Å²) >= 11 is 5.97. The third-order valence-corrected chi connectivity index (χ3v) is 4.95. The molecular weight excluding hydrogens is 433 g/mol. The first-order valence-corrected chi connectivity index (χ1v) is 10.1. The predicted octanol–water partition coefficient (Wildman–Crippen LogP) is 4.96. The standard InChI is InChI=1S/C24H21ClFN3O3/c1-15-13-19(11-12-21(15)25)32-14-23(30)29-28-16(2)17-7-9-18(10-8-17)27-24(31)20-5-3-4-6-22(20)26/h3-13H,14H2,1-2H3,(H,27,31)(H,29,30)/b28-16-. The summed E-state index contributed by atoms with van der Waals surface area (Å²) in [6.45, 7) is 3.38. The highest BCUT2D eigenvalue weighted by molar-refractivity contribution is 6.31. The second-order valence-corrected chi connectivity index (χ2v) is 7.35. The Kier molecular flexibility index (Phi) is 7.57. The monoisotopic (exact) mass is 453 g/mol. The summed E-state index contributed by atoms with van der Waals surface area (Å²) in [6.07, 6.45) is 0. The van der Waals surface area contributed by atoms with Gasteiger partial charge in [0.15, 0.2) is 6.61 Å². The number of nitrogens with one attached hydrogen (secondary N) is 2. The van der Waals surface area contributed by atoms with Crippen molar-refractivity contribution >= 4 is 34.8 Å². The molecule has 0 aliphatic heterocycles. The maximum atomic E-state index is 13.7. The minimum absolute atomic E-state index is 0.0342. The molecule has 0 saturated heterocycles. The largest absolute Gasteiger partial charge is 0.484 e. The number of halogens is 2. The van der Waals surface area contributed by atoms with Gasteiger partial charge in [-0.2, -0.15) is 5.10 Å². The summed E-state index contributed by atoms with van der Waals surface area (Å²) in [5.74, 6) is -0.999. The number of rotatable bonds is 7. The average Bonchev–Trinajstić information content (AvgIpc) is 2.79. The van der Waals surface area contributed by atoms with E-state index in [9.17, 15) is 14.0 Å². The van der Waals surface area contributed by atoms with Crippen molar-refractivity contribution < 1.29 is 18.7 Å². The van der Waals surface area contributed by atoms with Crippen LogP contribution >= 0.6 is 11.6 Å². The first-order chi connectivity index (χ1) is 15.3. The predicted molar refractivity (Wildman–Crippen MR) is 123 cm³/mol. The molecule has 2 amide bonds. The van der Waals surface area contributed by atoms with Crippen molar-refractivity contribution in [2.24, 2.45) is 5.10 Å². The Bertz CT molecular complexity index is 1160. The molecule has 8 heteroatoms. The Balaban J connectivity index is 1.53. The zero-order valence-electron chi connectivity index (χ0n) is 17.5. The number of anilines is 1. The number of hydrogen-bond acceptors (Lipinski definition) is 4. The van der Waals surface area contributed by atoms with E-state index < -0.39 is 17.6 Å². The van der Waals surface area contributed by atoms with Gasteiger partial charge in [0.2, 0.25) is 0 Å². The highest BCUT2D eigenvalue weighted by Gasteiger charge is 2.11. The molecule has 32 heavy (non-hydrogen) atoms. The lowest BCUT2D eigenvalue weighted by Gasteiger charge is -2.08. The smallest absolute Gasteiger partial charge is 0.277 e. The van der Waals surface area contributed by atoms with E-state index in [1.165, 1.54) is 18.2 Å². The van der Waals surface area contributed by atoms with E-state index >= 15 is 0 Å². The molecule has 3 aromatic rings. The van der Waals surface area contributed by atoms with Crippen LogP contribution in [0.4, 0.5) is 10.1 Å². The third-order valence-electron chi connectivity index (χ3n) is 4.53. The van der Waals surface area contributed by atoms with Gasteiger partial charge < -0.3 is 10.1 Å². The molecule has 0 radical (unpaired) electrons. The third kappa shape index (κ3) is 6.15. The number of carbonyl (C=O) groups excluding carboxylic acids is 2. The van der Waals surface area contributed by atoms with E-state index in [2.05, 4.69) is 15.8 Å².